The van der Waals surface area contributed by atoms with Crippen molar-refractivity contribution < 1.29 is 9.66 Å². The smallest absolute Gasteiger partial charge is 0.276 e. The van der Waals surface area contributed by atoms with Gasteiger partial charge in [0, 0.05) is 50.5 Å². The van der Waals surface area contributed by atoms with Crippen molar-refractivity contribution in [1.82, 2.24) is 4.90 Å². The fraction of sp³-hybridized carbons (Fsp3) is 0.300. The van der Waals surface area contributed by atoms with Crippen LogP contribution in [0.2, 0.25) is 0 Å². The average Bonchev–Trinajstić information content (AvgIpc) is 2.69. The predicted molar refractivity (Wildman–Crippen MR) is 104 cm³/mol. The maximum Gasteiger partial charge on any atom is 0.276 e. The summed E-state index contributed by atoms with van der Waals surface area (Å²) in [5.41, 5.74) is 1.97. The SMILES string of the molecule is COc1cccc(N2CCN(CC=Cc3ccccc3[N+](=O)[O-])CC2)c1. The summed E-state index contributed by atoms with van der Waals surface area (Å²) in [6.07, 6.45) is 3.84. The zero-order valence-corrected chi connectivity index (χ0v) is 14.9. The number of methoxy groups -OCH3 is 1. The van der Waals surface area contributed by atoms with Crippen LogP contribution in [0.15, 0.2) is 54.6 Å². The predicted octanol–water partition coefficient (Wildman–Crippen LogP) is 3.44. The molecule has 0 amide bonds. The van der Waals surface area contributed by atoms with Crippen LogP contribution in [-0.4, -0.2) is 49.7 Å². The third-order valence-electron chi connectivity index (χ3n) is 4.59. The molecule has 1 aliphatic rings. The van der Waals surface area contributed by atoms with Crippen LogP contribution in [0.25, 0.3) is 6.08 Å². The second-order valence-corrected chi connectivity index (χ2v) is 6.21. The van der Waals surface area contributed by atoms with Gasteiger partial charge in [-0.25, -0.2) is 0 Å². The molecule has 0 aliphatic carbocycles. The van der Waals surface area contributed by atoms with Crippen LogP contribution in [0.1, 0.15) is 5.56 Å². The lowest BCUT2D eigenvalue weighted by Crippen LogP contribution is -2.46. The van der Waals surface area contributed by atoms with Crippen molar-refractivity contribution in [2.75, 3.05) is 44.7 Å². The number of benzene rings is 2. The number of nitrogens with zero attached hydrogens (tertiary/aromatic N) is 3. The Morgan fingerprint density at radius 2 is 1.88 bits per heavy atom. The molecule has 0 aromatic heterocycles. The van der Waals surface area contributed by atoms with E-state index in [1.54, 1.807) is 19.2 Å². The summed E-state index contributed by atoms with van der Waals surface area (Å²) >= 11 is 0. The highest BCUT2D eigenvalue weighted by molar-refractivity contribution is 5.60. The molecule has 2 aromatic rings. The number of nitro benzene ring substituents is 1. The standard InChI is InChI=1S/C20H23N3O3/c1-26-19-9-4-8-18(16-19)22-14-12-21(13-15-22)11-5-7-17-6-2-3-10-20(17)23(24)25/h2-10,16H,11-15H2,1H3. The van der Waals surface area contributed by atoms with E-state index in [1.807, 2.05) is 30.4 Å². The van der Waals surface area contributed by atoms with Gasteiger partial charge in [0.15, 0.2) is 0 Å². The molecular weight excluding hydrogens is 330 g/mol. The highest BCUT2D eigenvalue weighted by atomic mass is 16.6. The molecule has 1 fully saturated rings. The summed E-state index contributed by atoms with van der Waals surface area (Å²) in [5, 5.41) is 11.0. The van der Waals surface area contributed by atoms with Gasteiger partial charge < -0.3 is 9.64 Å². The fourth-order valence-electron chi connectivity index (χ4n) is 3.12. The van der Waals surface area contributed by atoms with Crippen LogP contribution in [0, 0.1) is 10.1 Å². The molecule has 0 radical (unpaired) electrons. The summed E-state index contributed by atoms with van der Waals surface area (Å²) in [5.74, 6) is 0.873. The number of hydrogen-bond donors (Lipinski definition) is 0. The maximum atomic E-state index is 11.0. The zero-order valence-electron chi connectivity index (χ0n) is 14.9. The lowest BCUT2D eigenvalue weighted by Gasteiger charge is -2.35. The fourth-order valence-corrected chi connectivity index (χ4v) is 3.12. The largest absolute Gasteiger partial charge is 0.497 e. The lowest BCUT2D eigenvalue weighted by molar-refractivity contribution is -0.385. The van der Waals surface area contributed by atoms with E-state index in [4.69, 9.17) is 4.74 Å². The minimum Gasteiger partial charge on any atom is -0.497 e. The van der Waals surface area contributed by atoms with Gasteiger partial charge in [0.1, 0.15) is 5.75 Å². The van der Waals surface area contributed by atoms with Gasteiger partial charge in [0.05, 0.1) is 17.6 Å². The number of piperazine rings is 1. The number of anilines is 1. The molecule has 0 saturated carbocycles. The summed E-state index contributed by atoms with van der Waals surface area (Å²) < 4.78 is 5.29. The average molecular weight is 353 g/mol. The topological polar surface area (TPSA) is 58.8 Å². The summed E-state index contributed by atoms with van der Waals surface area (Å²) in [6, 6.07) is 14.9. The Bertz CT molecular complexity index is 783. The quantitative estimate of drug-likeness (QED) is 0.588. The number of para-hydroxylation sites is 1. The number of nitro groups is 1. The van der Waals surface area contributed by atoms with E-state index in [-0.39, 0.29) is 10.6 Å². The number of hydrogen-bond acceptors (Lipinski definition) is 5. The molecule has 2 aromatic carbocycles. The van der Waals surface area contributed by atoms with Crippen molar-refractivity contribution in [3.63, 3.8) is 0 Å². The van der Waals surface area contributed by atoms with E-state index >= 15 is 0 Å². The second kappa shape index (κ2) is 8.49. The zero-order chi connectivity index (χ0) is 18.4. The van der Waals surface area contributed by atoms with Gasteiger partial charge in [-0.1, -0.05) is 30.4 Å². The molecule has 0 unspecified atom stereocenters. The molecule has 136 valence electrons. The molecule has 0 bridgehead atoms. The van der Waals surface area contributed by atoms with Crippen molar-refractivity contribution in [2.24, 2.45) is 0 Å². The first-order valence-corrected chi connectivity index (χ1v) is 8.68. The van der Waals surface area contributed by atoms with Crippen LogP contribution in [-0.2, 0) is 0 Å². The van der Waals surface area contributed by atoms with Gasteiger partial charge in [0.2, 0.25) is 0 Å². The molecule has 1 saturated heterocycles. The second-order valence-electron chi connectivity index (χ2n) is 6.21. The van der Waals surface area contributed by atoms with Crippen molar-refractivity contribution in [3.05, 3.63) is 70.3 Å². The molecular formula is C20H23N3O3. The lowest BCUT2D eigenvalue weighted by atomic mass is 10.1. The monoisotopic (exact) mass is 353 g/mol. The molecule has 3 rings (SSSR count). The van der Waals surface area contributed by atoms with Gasteiger partial charge >= 0.3 is 0 Å². The molecule has 26 heavy (non-hydrogen) atoms. The Hall–Kier alpha value is -2.86. The van der Waals surface area contributed by atoms with Crippen molar-refractivity contribution in [1.29, 1.82) is 0 Å². The molecule has 1 aliphatic heterocycles. The highest BCUT2D eigenvalue weighted by Gasteiger charge is 2.16. The molecule has 0 atom stereocenters. The van der Waals surface area contributed by atoms with Crippen molar-refractivity contribution in [3.8, 4) is 5.75 Å². The van der Waals surface area contributed by atoms with E-state index in [0.29, 0.717) is 5.56 Å². The van der Waals surface area contributed by atoms with E-state index < -0.39 is 0 Å². The molecule has 1 heterocycles. The minimum absolute atomic E-state index is 0.145. The Morgan fingerprint density at radius 1 is 1.12 bits per heavy atom. The van der Waals surface area contributed by atoms with Crippen LogP contribution in [0.4, 0.5) is 11.4 Å². The van der Waals surface area contributed by atoms with Gasteiger partial charge in [-0.2, -0.15) is 0 Å². The summed E-state index contributed by atoms with van der Waals surface area (Å²) in [7, 11) is 1.68. The van der Waals surface area contributed by atoms with Gasteiger partial charge in [0.25, 0.3) is 5.69 Å². The van der Waals surface area contributed by atoms with Crippen molar-refractivity contribution in [2.45, 2.75) is 0 Å². The Balaban J connectivity index is 1.54. The summed E-state index contributed by atoms with van der Waals surface area (Å²) in [4.78, 5) is 15.4. The van der Waals surface area contributed by atoms with E-state index in [2.05, 4.69) is 21.9 Å². The first kappa shape index (κ1) is 17.9. The summed E-state index contributed by atoms with van der Waals surface area (Å²) in [6.45, 7) is 4.61. The molecule has 0 N–H and O–H groups in total. The van der Waals surface area contributed by atoms with Crippen molar-refractivity contribution >= 4 is 17.5 Å². The van der Waals surface area contributed by atoms with E-state index in [9.17, 15) is 10.1 Å². The first-order chi connectivity index (χ1) is 12.7. The number of ether oxygens (including phenoxy) is 1. The molecule has 6 nitrogen and oxygen atoms in total. The third-order valence-corrected chi connectivity index (χ3v) is 4.59. The van der Waals surface area contributed by atoms with Gasteiger partial charge in [-0.15, -0.1) is 0 Å². The highest BCUT2D eigenvalue weighted by Crippen LogP contribution is 2.22. The first-order valence-electron chi connectivity index (χ1n) is 8.68. The Morgan fingerprint density at radius 3 is 2.62 bits per heavy atom. The Kier molecular flexibility index (Phi) is 5.86. The third kappa shape index (κ3) is 4.40. The van der Waals surface area contributed by atoms with Crippen LogP contribution < -0.4 is 9.64 Å². The molecule has 6 heteroatoms. The van der Waals surface area contributed by atoms with Crippen LogP contribution >= 0.6 is 0 Å². The van der Waals surface area contributed by atoms with Crippen LogP contribution in [0.5, 0.6) is 5.75 Å². The van der Waals surface area contributed by atoms with E-state index in [0.717, 1.165) is 38.5 Å². The maximum absolute atomic E-state index is 11.0. The van der Waals surface area contributed by atoms with Gasteiger partial charge in [-0.05, 0) is 18.2 Å². The Labute approximate surface area is 153 Å². The minimum atomic E-state index is -0.341. The van der Waals surface area contributed by atoms with E-state index in [1.165, 1.54) is 11.8 Å². The van der Waals surface area contributed by atoms with Gasteiger partial charge in [-0.3, -0.25) is 15.0 Å². The normalized spacial score (nSPS) is 15.3. The van der Waals surface area contributed by atoms with Crippen LogP contribution in [0.3, 0.4) is 0 Å². The molecule has 0 spiro atoms. The number of rotatable bonds is 6.